The zero-order chi connectivity index (χ0) is 29.4. The van der Waals surface area contributed by atoms with Gasteiger partial charge in [-0.1, -0.05) is 18.2 Å². The lowest BCUT2D eigenvalue weighted by Crippen LogP contribution is -2.41. The molecular formula is C32H39F3N2O4. The lowest BCUT2D eigenvalue weighted by molar-refractivity contribution is -0.138. The van der Waals surface area contributed by atoms with Crippen molar-refractivity contribution in [2.45, 2.75) is 63.6 Å². The van der Waals surface area contributed by atoms with E-state index in [4.69, 9.17) is 4.74 Å². The maximum Gasteiger partial charge on any atom is 0.416 e. The van der Waals surface area contributed by atoms with Crippen LogP contribution in [0, 0.1) is 11.8 Å². The maximum atomic E-state index is 13.3. The Morgan fingerprint density at radius 2 is 1.93 bits per heavy atom. The molecule has 4 rings (SSSR count). The van der Waals surface area contributed by atoms with Crippen molar-refractivity contribution < 1.29 is 32.9 Å². The molecule has 2 N–H and O–H groups in total. The van der Waals surface area contributed by atoms with E-state index >= 15 is 0 Å². The largest absolute Gasteiger partial charge is 0.497 e. The summed E-state index contributed by atoms with van der Waals surface area (Å²) in [7, 11) is 1.60. The number of aliphatic hydroxyl groups is 1. The van der Waals surface area contributed by atoms with Crippen molar-refractivity contribution in [2.24, 2.45) is 11.8 Å². The summed E-state index contributed by atoms with van der Waals surface area (Å²) in [5, 5.41) is 21.3. The van der Waals surface area contributed by atoms with Gasteiger partial charge < -0.3 is 19.8 Å². The van der Waals surface area contributed by atoms with Crippen molar-refractivity contribution in [3.8, 4) is 5.75 Å². The van der Waals surface area contributed by atoms with Gasteiger partial charge >= 0.3 is 12.1 Å². The number of carbonyl (C=O) groups is 1. The topological polar surface area (TPSA) is 82.9 Å². The SMILES string of the molecule is COc1ccc2nccc(C(O)CC[C@@H]3CCN(CCCCc4ccccc4C(F)(F)F)C[C@@H]3CCC(=O)O)c2c1. The van der Waals surface area contributed by atoms with Gasteiger partial charge in [0.25, 0.3) is 0 Å². The number of aliphatic hydroxyl groups excluding tert-OH is 1. The number of hydrogen-bond donors (Lipinski definition) is 2. The normalized spacial score (nSPS) is 18.9. The molecule has 2 aromatic carbocycles. The third-order valence-electron chi connectivity index (χ3n) is 8.35. The van der Waals surface area contributed by atoms with Crippen LogP contribution in [0.3, 0.4) is 0 Å². The number of hydrogen-bond acceptors (Lipinski definition) is 5. The number of benzene rings is 2. The molecule has 3 atom stereocenters. The lowest BCUT2D eigenvalue weighted by Gasteiger charge is -2.39. The third-order valence-corrected chi connectivity index (χ3v) is 8.35. The molecule has 0 bridgehead atoms. The van der Waals surface area contributed by atoms with Crippen LogP contribution in [-0.4, -0.2) is 52.8 Å². The van der Waals surface area contributed by atoms with E-state index in [-0.39, 0.29) is 12.3 Å². The highest BCUT2D eigenvalue weighted by molar-refractivity contribution is 5.83. The van der Waals surface area contributed by atoms with Crippen molar-refractivity contribution >= 4 is 16.9 Å². The number of rotatable bonds is 13. The molecule has 3 aromatic rings. The number of piperidine rings is 1. The minimum absolute atomic E-state index is 0.0978. The van der Waals surface area contributed by atoms with Crippen LogP contribution >= 0.6 is 0 Å². The van der Waals surface area contributed by atoms with Gasteiger partial charge in [0.05, 0.1) is 24.3 Å². The molecule has 222 valence electrons. The summed E-state index contributed by atoms with van der Waals surface area (Å²) in [5.41, 5.74) is 1.37. The summed E-state index contributed by atoms with van der Waals surface area (Å²) < 4.78 is 45.2. The van der Waals surface area contributed by atoms with E-state index in [9.17, 15) is 28.2 Å². The van der Waals surface area contributed by atoms with Crippen LogP contribution in [0.4, 0.5) is 13.2 Å². The summed E-state index contributed by atoms with van der Waals surface area (Å²) in [6, 6.07) is 13.2. The molecule has 1 fully saturated rings. The van der Waals surface area contributed by atoms with Gasteiger partial charge in [-0.3, -0.25) is 9.78 Å². The van der Waals surface area contributed by atoms with E-state index in [1.807, 2.05) is 24.3 Å². The van der Waals surface area contributed by atoms with Gasteiger partial charge in [0, 0.05) is 24.5 Å². The first-order valence-corrected chi connectivity index (χ1v) is 14.4. The first-order chi connectivity index (χ1) is 19.7. The first-order valence-electron chi connectivity index (χ1n) is 14.4. The molecule has 0 saturated carbocycles. The van der Waals surface area contributed by atoms with Gasteiger partial charge in [-0.2, -0.15) is 13.2 Å². The Bertz CT molecular complexity index is 1300. The second-order valence-electron chi connectivity index (χ2n) is 11.0. The molecule has 1 saturated heterocycles. The Balaban J connectivity index is 1.32. The Morgan fingerprint density at radius 1 is 1.12 bits per heavy atom. The molecule has 2 heterocycles. The molecule has 9 heteroatoms. The van der Waals surface area contributed by atoms with E-state index < -0.39 is 23.8 Å². The van der Waals surface area contributed by atoms with E-state index in [1.165, 1.54) is 6.07 Å². The number of aliphatic carboxylic acids is 1. The molecule has 1 aromatic heterocycles. The maximum absolute atomic E-state index is 13.3. The number of likely N-dealkylation sites (tertiary alicyclic amines) is 1. The minimum Gasteiger partial charge on any atom is -0.497 e. The first kappa shape index (κ1) is 30.8. The highest BCUT2D eigenvalue weighted by Gasteiger charge is 2.33. The number of pyridine rings is 1. The second-order valence-corrected chi connectivity index (χ2v) is 11.0. The van der Waals surface area contributed by atoms with Crippen LogP contribution in [0.1, 0.15) is 67.7 Å². The summed E-state index contributed by atoms with van der Waals surface area (Å²) in [4.78, 5) is 18.1. The second kappa shape index (κ2) is 14.1. The zero-order valence-electron chi connectivity index (χ0n) is 23.4. The molecule has 0 spiro atoms. The van der Waals surface area contributed by atoms with E-state index in [0.29, 0.717) is 42.9 Å². The number of nitrogens with zero attached hydrogens (tertiary/aromatic N) is 2. The molecule has 41 heavy (non-hydrogen) atoms. The molecule has 1 aliphatic rings. The van der Waals surface area contributed by atoms with Crippen LogP contribution in [0.15, 0.2) is 54.7 Å². The van der Waals surface area contributed by atoms with Gasteiger partial charge in [0.15, 0.2) is 0 Å². The molecule has 1 aliphatic heterocycles. The minimum atomic E-state index is -4.35. The average Bonchev–Trinajstić information content (AvgIpc) is 2.96. The number of alkyl halides is 3. The van der Waals surface area contributed by atoms with Crippen molar-refractivity contribution in [2.75, 3.05) is 26.7 Å². The summed E-state index contributed by atoms with van der Waals surface area (Å²) in [6.07, 6.45) is 1.39. The van der Waals surface area contributed by atoms with Crippen LogP contribution in [0.5, 0.6) is 5.75 Å². The fourth-order valence-corrected chi connectivity index (χ4v) is 6.13. The van der Waals surface area contributed by atoms with E-state index in [1.54, 1.807) is 25.4 Å². The number of methoxy groups -OCH3 is 1. The highest BCUT2D eigenvalue weighted by Crippen LogP contribution is 2.36. The summed E-state index contributed by atoms with van der Waals surface area (Å²) in [5.74, 6) is 0.361. The summed E-state index contributed by atoms with van der Waals surface area (Å²) >= 11 is 0. The predicted molar refractivity (Wildman–Crippen MR) is 152 cm³/mol. The zero-order valence-corrected chi connectivity index (χ0v) is 23.4. The Hall–Kier alpha value is -3.17. The fourth-order valence-electron chi connectivity index (χ4n) is 6.13. The van der Waals surface area contributed by atoms with Gasteiger partial charge in [-0.25, -0.2) is 0 Å². The van der Waals surface area contributed by atoms with Crippen LogP contribution < -0.4 is 4.74 Å². The molecule has 0 radical (unpaired) electrons. The smallest absolute Gasteiger partial charge is 0.416 e. The average molecular weight is 573 g/mol. The van der Waals surface area contributed by atoms with Crippen molar-refractivity contribution in [1.82, 2.24) is 9.88 Å². The number of halogens is 3. The quantitative estimate of drug-likeness (QED) is 0.217. The number of fused-ring (bicyclic) bond motifs is 1. The molecule has 0 aliphatic carbocycles. The van der Waals surface area contributed by atoms with Crippen LogP contribution in [0.25, 0.3) is 10.9 Å². The van der Waals surface area contributed by atoms with Gasteiger partial charge in [-0.05, 0) is 111 Å². The molecule has 6 nitrogen and oxygen atoms in total. The fraction of sp³-hybridized carbons (Fsp3) is 0.500. The van der Waals surface area contributed by atoms with E-state index in [2.05, 4.69) is 9.88 Å². The number of aryl methyl sites for hydroxylation is 1. The van der Waals surface area contributed by atoms with Crippen LogP contribution in [0.2, 0.25) is 0 Å². The van der Waals surface area contributed by atoms with Gasteiger partial charge in [0.1, 0.15) is 5.75 Å². The standard InChI is InChI=1S/C32H39F3N2O4/c1-41-25-11-12-29-27(20-25)26(15-17-36-29)30(38)13-9-22-16-19-37(21-24(22)10-14-31(39)40)18-5-4-7-23-6-2-3-8-28(23)32(33,34)35/h2-3,6,8,11-12,15,17,20,22,24,30,38H,4-5,7,9-10,13-14,16,18-19,21H2,1H3,(H,39,40)/t22-,24+,30?/m1/s1. The number of aromatic nitrogens is 1. The van der Waals surface area contributed by atoms with Gasteiger partial charge in [0.2, 0.25) is 0 Å². The monoisotopic (exact) mass is 572 g/mol. The predicted octanol–water partition coefficient (Wildman–Crippen LogP) is 6.90. The van der Waals surface area contributed by atoms with Crippen molar-refractivity contribution in [3.05, 3.63) is 71.4 Å². The van der Waals surface area contributed by atoms with Crippen molar-refractivity contribution in [3.63, 3.8) is 0 Å². The number of unbranched alkanes of at least 4 members (excludes halogenated alkanes) is 1. The van der Waals surface area contributed by atoms with Crippen LogP contribution in [-0.2, 0) is 17.4 Å². The summed E-state index contributed by atoms with van der Waals surface area (Å²) in [6.45, 7) is 2.40. The number of ether oxygens (including phenoxy) is 1. The lowest BCUT2D eigenvalue weighted by atomic mass is 9.79. The van der Waals surface area contributed by atoms with E-state index in [0.717, 1.165) is 61.4 Å². The highest BCUT2D eigenvalue weighted by atomic mass is 19.4. The third kappa shape index (κ3) is 8.42. The molecule has 0 amide bonds. The molecule has 1 unspecified atom stereocenters. The number of carboxylic acids is 1. The Labute approximate surface area is 239 Å². The van der Waals surface area contributed by atoms with Gasteiger partial charge in [-0.15, -0.1) is 0 Å². The Kier molecular flexibility index (Phi) is 10.6. The number of carboxylic acid groups (broad SMARTS) is 1. The molecular weight excluding hydrogens is 533 g/mol. The Morgan fingerprint density at radius 3 is 2.68 bits per heavy atom. The van der Waals surface area contributed by atoms with Crippen molar-refractivity contribution in [1.29, 1.82) is 0 Å².